The lowest BCUT2D eigenvalue weighted by molar-refractivity contribution is 0.0949. The summed E-state index contributed by atoms with van der Waals surface area (Å²) in [5, 5.41) is 19.6. The van der Waals surface area contributed by atoms with E-state index in [9.17, 15) is 4.79 Å². The number of anilines is 1. The van der Waals surface area contributed by atoms with Crippen LogP contribution in [0.15, 0.2) is 73.7 Å². The van der Waals surface area contributed by atoms with E-state index >= 15 is 0 Å². The van der Waals surface area contributed by atoms with Crippen LogP contribution in [-0.2, 0) is 5.75 Å². The third-order valence-electron chi connectivity index (χ3n) is 4.38. The van der Waals surface area contributed by atoms with Gasteiger partial charge in [0.15, 0.2) is 5.69 Å². The Labute approximate surface area is 195 Å². The Hall–Kier alpha value is -3.51. The number of hydrogen-bond donors (Lipinski definition) is 2. The SMILES string of the molecule is C/C(=N\NC(=O)c1nnn(-c2nonc2N)c1CSc1ccccc1)c1ccc(Br)cc1. The molecule has 0 fully saturated rings. The number of aromatic nitrogens is 5. The van der Waals surface area contributed by atoms with Crippen LogP contribution in [0.1, 0.15) is 28.7 Å². The molecule has 4 rings (SSSR count). The van der Waals surface area contributed by atoms with Gasteiger partial charge in [-0.15, -0.1) is 16.9 Å². The topological polar surface area (TPSA) is 137 Å². The quantitative estimate of drug-likeness (QED) is 0.218. The molecule has 4 aromatic rings. The lowest BCUT2D eigenvalue weighted by Gasteiger charge is -2.06. The molecule has 2 aromatic heterocycles. The molecular weight excluding hydrogens is 496 g/mol. The second kappa shape index (κ2) is 9.75. The highest BCUT2D eigenvalue weighted by molar-refractivity contribution is 9.10. The Morgan fingerprint density at radius 3 is 2.62 bits per heavy atom. The number of hydrazone groups is 1. The molecule has 0 saturated heterocycles. The van der Waals surface area contributed by atoms with Gasteiger partial charge in [0.25, 0.3) is 5.91 Å². The Kier molecular flexibility index (Phi) is 6.61. The molecule has 0 atom stereocenters. The predicted octanol–water partition coefficient (Wildman–Crippen LogP) is 3.44. The number of halogens is 1. The van der Waals surface area contributed by atoms with Gasteiger partial charge in [-0.05, 0) is 47.1 Å². The molecular formula is C20H17BrN8O2S. The summed E-state index contributed by atoms with van der Waals surface area (Å²) in [5.74, 6) is 0.0691. The van der Waals surface area contributed by atoms with Crippen molar-refractivity contribution in [2.24, 2.45) is 5.10 Å². The number of amides is 1. The van der Waals surface area contributed by atoms with Crippen LogP contribution in [0, 0.1) is 0 Å². The number of benzene rings is 2. The summed E-state index contributed by atoms with van der Waals surface area (Å²) in [5.41, 5.74) is 10.5. The number of thioether (sulfide) groups is 1. The predicted molar refractivity (Wildman–Crippen MR) is 123 cm³/mol. The van der Waals surface area contributed by atoms with Gasteiger partial charge < -0.3 is 5.73 Å². The molecule has 0 unspecified atom stereocenters. The minimum absolute atomic E-state index is 0.0388. The first-order chi connectivity index (χ1) is 15.5. The zero-order valence-corrected chi connectivity index (χ0v) is 19.2. The normalized spacial score (nSPS) is 11.5. The second-order valence-corrected chi connectivity index (χ2v) is 8.48. The average molecular weight is 513 g/mol. The van der Waals surface area contributed by atoms with Crippen molar-refractivity contribution in [2.45, 2.75) is 17.6 Å². The fourth-order valence-corrected chi connectivity index (χ4v) is 3.90. The number of carbonyl (C=O) groups is 1. The molecule has 0 aliphatic carbocycles. The molecule has 32 heavy (non-hydrogen) atoms. The Morgan fingerprint density at radius 2 is 1.94 bits per heavy atom. The first-order valence-corrected chi connectivity index (χ1v) is 11.1. The molecule has 0 aliphatic rings. The first-order valence-electron chi connectivity index (χ1n) is 9.34. The van der Waals surface area contributed by atoms with E-state index in [1.807, 2.05) is 54.6 Å². The minimum atomic E-state index is -0.508. The van der Waals surface area contributed by atoms with E-state index in [0.717, 1.165) is 14.9 Å². The third-order valence-corrected chi connectivity index (χ3v) is 5.93. The van der Waals surface area contributed by atoms with Crippen LogP contribution < -0.4 is 11.2 Å². The van der Waals surface area contributed by atoms with Crippen molar-refractivity contribution in [1.29, 1.82) is 0 Å². The highest BCUT2D eigenvalue weighted by atomic mass is 79.9. The summed E-state index contributed by atoms with van der Waals surface area (Å²) in [7, 11) is 0. The van der Waals surface area contributed by atoms with E-state index < -0.39 is 5.91 Å². The van der Waals surface area contributed by atoms with Crippen LogP contribution >= 0.6 is 27.7 Å². The molecule has 12 heteroatoms. The van der Waals surface area contributed by atoms with E-state index in [1.165, 1.54) is 16.4 Å². The summed E-state index contributed by atoms with van der Waals surface area (Å²) in [6.07, 6.45) is 0. The fourth-order valence-electron chi connectivity index (χ4n) is 2.73. The van der Waals surface area contributed by atoms with Gasteiger partial charge in [0.2, 0.25) is 11.6 Å². The van der Waals surface area contributed by atoms with E-state index in [0.29, 0.717) is 17.2 Å². The van der Waals surface area contributed by atoms with E-state index in [4.69, 9.17) is 5.73 Å². The van der Waals surface area contributed by atoms with Crippen LogP contribution in [0.4, 0.5) is 5.82 Å². The van der Waals surface area contributed by atoms with Gasteiger partial charge in [-0.1, -0.05) is 51.5 Å². The van der Waals surface area contributed by atoms with Crippen molar-refractivity contribution in [3.63, 3.8) is 0 Å². The summed E-state index contributed by atoms with van der Waals surface area (Å²) in [6, 6.07) is 17.3. The van der Waals surface area contributed by atoms with Crippen LogP contribution in [0.2, 0.25) is 0 Å². The summed E-state index contributed by atoms with van der Waals surface area (Å²) in [4.78, 5) is 13.9. The first kappa shape index (κ1) is 21.7. The highest BCUT2D eigenvalue weighted by Gasteiger charge is 2.24. The molecule has 3 N–H and O–H groups in total. The Morgan fingerprint density at radius 1 is 1.19 bits per heavy atom. The van der Waals surface area contributed by atoms with Crippen molar-refractivity contribution in [3.8, 4) is 5.82 Å². The van der Waals surface area contributed by atoms with E-state index in [2.05, 4.69) is 51.7 Å². The molecule has 10 nitrogen and oxygen atoms in total. The van der Waals surface area contributed by atoms with Crippen LogP contribution in [0.25, 0.3) is 5.82 Å². The van der Waals surface area contributed by atoms with Crippen molar-refractivity contribution in [3.05, 3.63) is 76.0 Å². The van der Waals surface area contributed by atoms with Gasteiger partial charge >= 0.3 is 0 Å². The molecule has 2 aromatic carbocycles. The zero-order chi connectivity index (χ0) is 22.5. The maximum absolute atomic E-state index is 12.9. The monoisotopic (exact) mass is 512 g/mol. The molecule has 0 bridgehead atoms. The highest BCUT2D eigenvalue weighted by Crippen LogP contribution is 2.25. The van der Waals surface area contributed by atoms with Gasteiger partial charge in [-0.25, -0.2) is 10.1 Å². The number of hydrogen-bond acceptors (Lipinski definition) is 9. The lowest BCUT2D eigenvalue weighted by Crippen LogP contribution is -2.21. The molecule has 2 heterocycles. The fraction of sp³-hybridized carbons (Fsp3) is 0.100. The van der Waals surface area contributed by atoms with Gasteiger partial charge in [0.1, 0.15) is 0 Å². The van der Waals surface area contributed by atoms with Gasteiger partial charge in [0, 0.05) is 15.1 Å². The number of carbonyl (C=O) groups excluding carboxylic acids is 1. The van der Waals surface area contributed by atoms with Gasteiger partial charge in [-0.2, -0.15) is 9.78 Å². The zero-order valence-electron chi connectivity index (χ0n) is 16.8. The standard InChI is InChI=1S/C20H17BrN8O2S/c1-12(13-7-9-14(21)10-8-13)23-25-20(30)17-16(11-32-15-5-3-2-4-6-15)29(28-24-17)19-18(22)26-31-27-19/h2-10H,11H2,1H3,(H2,22,26)(H,25,30)/b23-12+. The average Bonchev–Trinajstić information content (AvgIpc) is 3.42. The molecule has 0 spiro atoms. The summed E-state index contributed by atoms with van der Waals surface area (Å²) < 4.78 is 6.98. The molecule has 1 amide bonds. The second-order valence-electron chi connectivity index (χ2n) is 6.52. The number of nitrogens with zero attached hydrogens (tertiary/aromatic N) is 6. The van der Waals surface area contributed by atoms with Crippen molar-refractivity contribution in [1.82, 2.24) is 30.7 Å². The number of nitrogens with one attached hydrogen (secondary N) is 1. The van der Waals surface area contributed by atoms with Crippen molar-refractivity contribution >= 4 is 45.1 Å². The number of rotatable bonds is 7. The van der Waals surface area contributed by atoms with Gasteiger partial charge in [0.05, 0.1) is 11.4 Å². The van der Waals surface area contributed by atoms with E-state index in [-0.39, 0.29) is 17.3 Å². The van der Waals surface area contributed by atoms with Crippen molar-refractivity contribution in [2.75, 3.05) is 5.73 Å². The Balaban J connectivity index is 1.60. The van der Waals surface area contributed by atoms with Crippen LogP contribution in [-0.4, -0.2) is 36.9 Å². The maximum atomic E-state index is 12.9. The lowest BCUT2D eigenvalue weighted by atomic mass is 10.1. The number of nitrogens with two attached hydrogens (primary N) is 1. The third kappa shape index (κ3) is 4.86. The van der Waals surface area contributed by atoms with Crippen LogP contribution in [0.5, 0.6) is 0 Å². The minimum Gasteiger partial charge on any atom is -0.378 e. The maximum Gasteiger partial charge on any atom is 0.293 e. The largest absolute Gasteiger partial charge is 0.378 e. The molecule has 162 valence electrons. The molecule has 0 radical (unpaired) electrons. The number of nitrogen functional groups attached to an aromatic ring is 1. The van der Waals surface area contributed by atoms with Crippen LogP contribution in [0.3, 0.4) is 0 Å². The summed E-state index contributed by atoms with van der Waals surface area (Å²) in [6.45, 7) is 1.80. The van der Waals surface area contributed by atoms with E-state index in [1.54, 1.807) is 6.92 Å². The van der Waals surface area contributed by atoms with Crippen molar-refractivity contribution < 1.29 is 9.42 Å². The van der Waals surface area contributed by atoms with Gasteiger partial charge in [-0.3, -0.25) is 4.79 Å². The smallest absolute Gasteiger partial charge is 0.293 e. The molecule has 0 aliphatic heterocycles. The Bertz CT molecular complexity index is 1250. The summed E-state index contributed by atoms with van der Waals surface area (Å²) >= 11 is 4.91. The molecule has 0 saturated carbocycles.